The van der Waals surface area contributed by atoms with Crippen molar-refractivity contribution in [3.63, 3.8) is 0 Å². The van der Waals surface area contributed by atoms with Crippen LogP contribution in [0.15, 0.2) is 34.6 Å². The molecule has 9 heteroatoms. The SMILES string of the molecule is CC(=O)CSC1=NN=C(c2cc(-c3cnn(C)c3C)cc([N+](=O)[O-])c2)C1. The largest absolute Gasteiger partial charge is 0.299 e. The van der Waals surface area contributed by atoms with Crippen molar-refractivity contribution in [1.29, 1.82) is 0 Å². The number of ketones is 1. The molecule has 2 heterocycles. The molecular weight excluding hydrogens is 354 g/mol. The molecule has 0 atom stereocenters. The van der Waals surface area contributed by atoms with Crippen molar-refractivity contribution in [2.24, 2.45) is 17.3 Å². The third kappa shape index (κ3) is 3.72. The lowest BCUT2D eigenvalue weighted by Crippen LogP contribution is -2.05. The molecule has 0 unspecified atom stereocenters. The zero-order chi connectivity index (χ0) is 18.8. The van der Waals surface area contributed by atoms with E-state index in [1.165, 1.54) is 30.8 Å². The van der Waals surface area contributed by atoms with E-state index >= 15 is 0 Å². The summed E-state index contributed by atoms with van der Waals surface area (Å²) in [6.45, 7) is 3.43. The molecule has 2 aromatic rings. The molecular formula is C17H17N5O3S. The first-order chi connectivity index (χ1) is 12.3. The van der Waals surface area contributed by atoms with Crippen LogP contribution in [0.25, 0.3) is 11.1 Å². The van der Waals surface area contributed by atoms with Gasteiger partial charge < -0.3 is 0 Å². The summed E-state index contributed by atoms with van der Waals surface area (Å²) >= 11 is 1.35. The zero-order valence-electron chi connectivity index (χ0n) is 14.6. The van der Waals surface area contributed by atoms with E-state index in [9.17, 15) is 14.9 Å². The molecule has 1 aliphatic rings. The number of hydrogen-bond donors (Lipinski definition) is 0. The number of rotatable bonds is 5. The van der Waals surface area contributed by atoms with Gasteiger partial charge in [-0.1, -0.05) is 0 Å². The molecule has 0 saturated carbocycles. The van der Waals surface area contributed by atoms with Gasteiger partial charge in [0.15, 0.2) is 0 Å². The minimum absolute atomic E-state index is 0.00621. The number of non-ortho nitro benzene ring substituents is 1. The van der Waals surface area contributed by atoms with Crippen LogP contribution in [0.1, 0.15) is 24.6 Å². The Bertz CT molecular complexity index is 961. The van der Waals surface area contributed by atoms with Crippen molar-refractivity contribution in [1.82, 2.24) is 9.78 Å². The van der Waals surface area contributed by atoms with Crippen LogP contribution in [0.4, 0.5) is 5.69 Å². The predicted molar refractivity (Wildman–Crippen MR) is 102 cm³/mol. The van der Waals surface area contributed by atoms with Crippen LogP contribution in [0.2, 0.25) is 0 Å². The predicted octanol–water partition coefficient (Wildman–Crippen LogP) is 3.13. The number of carbonyl (C=O) groups excluding carboxylic acids is 1. The Labute approximate surface area is 154 Å². The van der Waals surface area contributed by atoms with Crippen molar-refractivity contribution < 1.29 is 9.72 Å². The number of thioether (sulfide) groups is 1. The smallest absolute Gasteiger partial charge is 0.270 e. The van der Waals surface area contributed by atoms with Gasteiger partial charge in [0.2, 0.25) is 0 Å². The number of aromatic nitrogens is 2. The summed E-state index contributed by atoms with van der Waals surface area (Å²) in [5.41, 5.74) is 3.77. The first-order valence-electron chi connectivity index (χ1n) is 7.89. The van der Waals surface area contributed by atoms with Crippen LogP contribution in [0.3, 0.4) is 0 Å². The van der Waals surface area contributed by atoms with Crippen molar-refractivity contribution in [3.8, 4) is 11.1 Å². The Kier molecular flexibility index (Phi) is 4.99. The van der Waals surface area contributed by atoms with Gasteiger partial charge in [0.05, 0.1) is 22.6 Å². The summed E-state index contributed by atoms with van der Waals surface area (Å²) in [6.07, 6.45) is 2.16. The maximum Gasteiger partial charge on any atom is 0.270 e. The van der Waals surface area contributed by atoms with Crippen molar-refractivity contribution in [3.05, 3.63) is 45.8 Å². The Morgan fingerprint density at radius 1 is 1.31 bits per heavy atom. The van der Waals surface area contributed by atoms with E-state index in [1.807, 2.05) is 20.0 Å². The van der Waals surface area contributed by atoms with Crippen molar-refractivity contribution in [2.75, 3.05) is 5.75 Å². The highest BCUT2D eigenvalue weighted by Gasteiger charge is 2.20. The van der Waals surface area contributed by atoms with Crippen molar-refractivity contribution >= 4 is 34.0 Å². The molecule has 0 spiro atoms. The Morgan fingerprint density at radius 2 is 2.04 bits per heavy atom. The van der Waals surface area contributed by atoms with Crippen LogP contribution in [-0.2, 0) is 11.8 Å². The van der Waals surface area contributed by atoms with Gasteiger partial charge in [0, 0.05) is 42.4 Å². The summed E-state index contributed by atoms with van der Waals surface area (Å²) in [5.74, 6) is 0.410. The maximum atomic E-state index is 11.4. The molecule has 0 aliphatic carbocycles. The molecule has 134 valence electrons. The van der Waals surface area contributed by atoms with Gasteiger partial charge in [-0.15, -0.1) is 16.9 Å². The van der Waals surface area contributed by atoms with Gasteiger partial charge in [-0.2, -0.15) is 10.2 Å². The van der Waals surface area contributed by atoms with Crippen molar-refractivity contribution in [2.45, 2.75) is 20.3 Å². The van der Waals surface area contributed by atoms with Gasteiger partial charge >= 0.3 is 0 Å². The summed E-state index contributed by atoms with van der Waals surface area (Å²) in [7, 11) is 1.82. The van der Waals surface area contributed by atoms with Gasteiger partial charge in [0.1, 0.15) is 10.8 Å². The molecule has 3 rings (SSSR count). The molecule has 8 nitrogen and oxygen atoms in total. The van der Waals surface area contributed by atoms with E-state index in [2.05, 4.69) is 15.3 Å². The minimum atomic E-state index is -0.416. The van der Waals surface area contributed by atoms with Gasteiger partial charge in [-0.05, 0) is 25.5 Å². The van der Waals surface area contributed by atoms with E-state index in [1.54, 1.807) is 10.9 Å². The van der Waals surface area contributed by atoms with Crippen LogP contribution >= 0.6 is 11.8 Å². The molecule has 0 amide bonds. The molecule has 0 fully saturated rings. The lowest BCUT2D eigenvalue weighted by atomic mass is 9.99. The standard InChI is InChI=1S/C17H17N5O3S/c1-10(23)9-26-17-7-16(19-20-17)13-4-12(5-14(6-13)22(24)25)15-8-18-21(3)11(15)2/h4-6,8H,7,9H2,1-3H3. The Morgan fingerprint density at radius 3 is 2.65 bits per heavy atom. The van der Waals surface area contributed by atoms with Gasteiger partial charge in [0.25, 0.3) is 5.69 Å². The van der Waals surface area contributed by atoms with E-state index in [0.29, 0.717) is 29.0 Å². The highest BCUT2D eigenvalue weighted by Crippen LogP contribution is 2.30. The Hall–Kier alpha value is -2.81. The molecule has 0 saturated heterocycles. The maximum absolute atomic E-state index is 11.4. The van der Waals surface area contributed by atoms with Crippen LogP contribution in [0.5, 0.6) is 0 Å². The average molecular weight is 371 g/mol. The number of hydrogen-bond acceptors (Lipinski definition) is 7. The zero-order valence-corrected chi connectivity index (χ0v) is 15.4. The number of nitro benzene ring substituents is 1. The van der Waals surface area contributed by atoms with E-state index in [0.717, 1.165) is 16.3 Å². The monoisotopic (exact) mass is 371 g/mol. The molecule has 0 bridgehead atoms. The summed E-state index contributed by atoms with van der Waals surface area (Å²) < 4.78 is 1.72. The highest BCUT2D eigenvalue weighted by molar-refractivity contribution is 8.14. The number of nitrogens with zero attached hydrogens (tertiary/aromatic N) is 5. The summed E-state index contributed by atoms with van der Waals surface area (Å²) in [5, 5.41) is 24.6. The Balaban J connectivity index is 1.92. The fourth-order valence-corrected chi connectivity index (χ4v) is 3.28. The van der Waals surface area contributed by atoms with E-state index in [-0.39, 0.29) is 11.5 Å². The average Bonchev–Trinajstić information content (AvgIpc) is 3.20. The van der Waals surface area contributed by atoms with E-state index in [4.69, 9.17) is 0 Å². The fraction of sp³-hybridized carbons (Fsp3) is 0.294. The number of carbonyl (C=O) groups is 1. The summed E-state index contributed by atoms with van der Waals surface area (Å²) in [4.78, 5) is 22.1. The third-order valence-electron chi connectivity index (χ3n) is 4.05. The van der Waals surface area contributed by atoms with Gasteiger partial charge in [-0.25, -0.2) is 0 Å². The summed E-state index contributed by atoms with van der Waals surface area (Å²) in [6, 6.07) is 4.90. The van der Waals surface area contributed by atoms with Crippen LogP contribution in [-0.4, -0.2) is 37.0 Å². The topological polar surface area (TPSA) is 103 Å². The second kappa shape index (κ2) is 7.20. The number of Topliss-reactive ketones (excluding diaryl/α,β-unsaturated/α-hetero) is 1. The molecule has 1 aromatic carbocycles. The molecule has 1 aliphatic heterocycles. The molecule has 0 radical (unpaired) electrons. The lowest BCUT2D eigenvalue weighted by Gasteiger charge is -2.06. The van der Waals surface area contributed by atoms with Gasteiger partial charge in [-0.3, -0.25) is 19.6 Å². The lowest BCUT2D eigenvalue weighted by molar-refractivity contribution is -0.384. The third-order valence-corrected chi connectivity index (χ3v) is 5.16. The number of aryl methyl sites for hydroxylation is 1. The highest BCUT2D eigenvalue weighted by atomic mass is 32.2. The first kappa shape index (κ1) is 18.0. The van der Waals surface area contributed by atoms with Crippen LogP contribution < -0.4 is 0 Å². The number of nitro groups is 1. The molecule has 1 aromatic heterocycles. The molecule has 26 heavy (non-hydrogen) atoms. The number of benzene rings is 1. The normalized spacial score (nSPS) is 13.5. The first-order valence-corrected chi connectivity index (χ1v) is 8.88. The van der Waals surface area contributed by atoms with Crippen LogP contribution in [0, 0.1) is 17.0 Å². The fourth-order valence-electron chi connectivity index (χ4n) is 2.58. The second-order valence-electron chi connectivity index (χ2n) is 6.00. The minimum Gasteiger partial charge on any atom is -0.299 e. The quantitative estimate of drug-likeness (QED) is 0.593. The second-order valence-corrected chi connectivity index (χ2v) is 7.05. The van der Waals surface area contributed by atoms with E-state index < -0.39 is 4.92 Å². The molecule has 0 N–H and O–H groups in total.